The van der Waals surface area contributed by atoms with Crippen LogP contribution < -0.4 is 11.2 Å². The zero-order valence-corrected chi connectivity index (χ0v) is 16.7. The van der Waals surface area contributed by atoms with Crippen LogP contribution in [0.4, 0.5) is 0 Å². The summed E-state index contributed by atoms with van der Waals surface area (Å²) >= 11 is 0. The Morgan fingerprint density at radius 3 is 2.50 bits per heavy atom. The lowest BCUT2D eigenvalue weighted by Crippen LogP contribution is -2.36. The second kappa shape index (κ2) is 6.95. The Hall–Kier alpha value is -2.86. The Labute approximate surface area is 163 Å². The van der Waals surface area contributed by atoms with Gasteiger partial charge in [0, 0.05) is 19.7 Å². The highest BCUT2D eigenvalue weighted by Crippen LogP contribution is 2.40. The van der Waals surface area contributed by atoms with Gasteiger partial charge in [-0.2, -0.15) is 0 Å². The Morgan fingerprint density at radius 1 is 1.07 bits per heavy atom. The van der Waals surface area contributed by atoms with E-state index >= 15 is 0 Å². The molecule has 2 bridgehead atoms. The van der Waals surface area contributed by atoms with Gasteiger partial charge in [0.25, 0.3) is 5.56 Å². The van der Waals surface area contributed by atoms with Crippen LogP contribution in [0.25, 0.3) is 17.2 Å². The Balaban J connectivity index is 2.14. The van der Waals surface area contributed by atoms with Gasteiger partial charge in [0.15, 0.2) is 0 Å². The second-order valence-electron chi connectivity index (χ2n) is 7.27. The first-order valence-electron chi connectivity index (χ1n) is 9.68. The molecule has 0 amide bonds. The standard InChI is InChI=1S/C22H25N3O3/c1-5-25(6-2)18-15-10-8-7-9-14(13-15)11-12-16-17-20(26)23(3)22(27)24(4)21(17)28-19(16)18/h7-12,18H,5-6,13H2,1-4H3/b12-11-. The van der Waals surface area contributed by atoms with Crippen LogP contribution in [-0.2, 0) is 14.1 Å². The molecule has 6 heteroatoms. The number of aromatic nitrogens is 2. The van der Waals surface area contributed by atoms with E-state index in [0.29, 0.717) is 11.1 Å². The molecule has 0 spiro atoms. The highest BCUT2D eigenvalue weighted by Gasteiger charge is 2.32. The van der Waals surface area contributed by atoms with Crippen molar-refractivity contribution in [1.82, 2.24) is 14.0 Å². The van der Waals surface area contributed by atoms with E-state index in [4.69, 9.17) is 4.42 Å². The zero-order chi connectivity index (χ0) is 20.0. The number of nitrogens with zero attached hydrogens (tertiary/aromatic N) is 3. The number of rotatable bonds is 3. The molecule has 0 fully saturated rings. The molecule has 1 atom stereocenters. The number of hydrogen-bond acceptors (Lipinski definition) is 4. The quantitative estimate of drug-likeness (QED) is 0.822. The van der Waals surface area contributed by atoms with Crippen molar-refractivity contribution in [2.75, 3.05) is 13.1 Å². The second-order valence-corrected chi connectivity index (χ2v) is 7.27. The first kappa shape index (κ1) is 18.5. The van der Waals surface area contributed by atoms with Crippen molar-refractivity contribution in [3.8, 4) is 0 Å². The van der Waals surface area contributed by atoms with Gasteiger partial charge in [0.1, 0.15) is 11.1 Å². The molecule has 2 aromatic heterocycles. The average Bonchev–Trinajstić information content (AvgIpc) is 2.88. The molecule has 0 aliphatic heterocycles. The number of furan rings is 1. The maximum Gasteiger partial charge on any atom is 0.333 e. The summed E-state index contributed by atoms with van der Waals surface area (Å²) in [6, 6.07) is -0.0895. The molecule has 1 unspecified atom stereocenters. The lowest BCUT2D eigenvalue weighted by atomic mass is 9.90. The number of allylic oxidation sites excluding steroid dienone is 6. The van der Waals surface area contributed by atoms with Crippen LogP contribution in [0.2, 0.25) is 0 Å². The van der Waals surface area contributed by atoms with Crippen LogP contribution in [0.15, 0.2) is 55.5 Å². The number of fused-ring (bicyclic) bond motifs is 5. The summed E-state index contributed by atoms with van der Waals surface area (Å²) in [5.74, 6) is 0.730. The van der Waals surface area contributed by atoms with Crippen LogP contribution in [0.3, 0.4) is 0 Å². The van der Waals surface area contributed by atoms with E-state index in [-0.39, 0.29) is 17.3 Å². The fourth-order valence-electron chi connectivity index (χ4n) is 4.19. The van der Waals surface area contributed by atoms with Gasteiger partial charge in [0.2, 0.25) is 5.71 Å². The topological polar surface area (TPSA) is 60.4 Å². The maximum absolute atomic E-state index is 13.0. The maximum atomic E-state index is 13.0. The van der Waals surface area contributed by atoms with Gasteiger partial charge in [-0.1, -0.05) is 50.3 Å². The van der Waals surface area contributed by atoms with Gasteiger partial charge >= 0.3 is 5.69 Å². The van der Waals surface area contributed by atoms with E-state index in [0.717, 1.165) is 35.4 Å². The van der Waals surface area contributed by atoms with Crippen molar-refractivity contribution < 1.29 is 4.42 Å². The molecule has 0 N–H and O–H groups in total. The molecule has 2 aliphatic carbocycles. The number of likely N-dealkylation sites (N-methyl/N-ethyl adjacent to an activating group) is 1. The lowest BCUT2D eigenvalue weighted by molar-refractivity contribution is 0.219. The highest BCUT2D eigenvalue weighted by molar-refractivity contribution is 5.87. The number of aryl methyl sites for hydroxylation is 1. The third kappa shape index (κ3) is 2.67. The van der Waals surface area contributed by atoms with E-state index < -0.39 is 0 Å². The normalized spacial score (nSPS) is 19.7. The molecule has 0 aromatic carbocycles. The molecule has 146 valence electrons. The van der Waals surface area contributed by atoms with E-state index in [1.54, 1.807) is 7.05 Å². The van der Waals surface area contributed by atoms with Crippen LogP contribution in [0.5, 0.6) is 0 Å². The molecule has 0 saturated carbocycles. The molecular formula is C22H25N3O3. The van der Waals surface area contributed by atoms with E-state index in [1.807, 2.05) is 18.2 Å². The summed E-state index contributed by atoms with van der Waals surface area (Å²) in [6.45, 7) is 5.94. The van der Waals surface area contributed by atoms with Gasteiger partial charge in [-0.25, -0.2) is 4.79 Å². The van der Waals surface area contributed by atoms with E-state index in [1.165, 1.54) is 22.8 Å². The van der Waals surface area contributed by atoms with Crippen molar-refractivity contribution in [3.05, 3.63) is 73.7 Å². The molecule has 4 rings (SSSR count). The van der Waals surface area contributed by atoms with Gasteiger partial charge in [-0.15, -0.1) is 0 Å². The summed E-state index contributed by atoms with van der Waals surface area (Å²) in [7, 11) is 3.15. The summed E-state index contributed by atoms with van der Waals surface area (Å²) in [5, 5.41) is 0.459. The predicted molar refractivity (Wildman–Crippen MR) is 111 cm³/mol. The summed E-state index contributed by atoms with van der Waals surface area (Å²) in [4.78, 5) is 27.7. The van der Waals surface area contributed by atoms with E-state index in [9.17, 15) is 9.59 Å². The molecule has 28 heavy (non-hydrogen) atoms. The first-order chi connectivity index (χ1) is 13.5. The fraction of sp³-hybridized carbons (Fsp3) is 0.364. The SMILES string of the molecule is CCN(CC)C1C2=CC=CC=C(/C=C\c3c1oc1c3c(=O)n(C)c(=O)n1C)C2. The molecule has 2 heterocycles. The molecular weight excluding hydrogens is 354 g/mol. The monoisotopic (exact) mass is 379 g/mol. The van der Waals surface area contributed by atoms with Crippen LogP contribution in [0.1, 0.15) is 37.6 Å². The Morgan fingerprint density at radius 2 is 1.79 bits per heavy atom. The van der Waals surface area contributed by atoms with Crippen LogP contribution in [0, 0.1) is 0 Å². The molecule has 0 saturated heterocycles. The molecule has 2 aliphatic rings. The first-order valence-corrected chi connectivity index (χ1v) is 9.68. The Bertz CT molecular complexity index is 1180. The van der Waals surface area contributed by atoms with Gasteiger partial charge in [0.05, 0.1) is 6.04 Å². The van der Waals surface area contributed by atoms with Crippen molar-refractivity contribution in [2.45, 2.75) is 26.3 Å². The average molecular weight is 379 g/mol. The minimum Gasteiger partial charge on any atom is -0.441 e. The van der Waals surface area contributed by atoms with Gasteiger partial charge < -0.3 is 4.42 Å². The molecule has 0 radical (unpaired) electrons. The largest absolute Gasteiger partial charge is 0.441 e. The van der Waals surface area contributed by atoms with Crippen molar-refractivity contribution in [1.29, 1.82) is 0 Å². The van der Waals surface area contributed by atoms with Crippen molar-refractivity contribution in [2.24, 2.45) is 14.1 Å². The summed E-state index contributed by atoms with van der Waals surface area (Å²) in [5.41, 5.74) is 2.79. The zero-order valence-electron chi connectivity index (χ0n) is 16.7. The van der Waals surface area contributed by atoms with Gasteiger partial charge in [-0.05, 0) is 30.7 Å². The fourth-order valence-corrected chi connectivity index (χ4v) is 4.19. The third-order valence-corrected chi connectivity index (χ3v) is 5.73. The van der Waals surface area contributed by atoms with Crippen molar-refractivity contribution in [3.63, 3.8) is 0 Å². The van der Waals surface area contributed by atoms with Crippen molar-refractivity contribution >= 4 is 17.2 Å². The lowest BCUT2D eigenvalue weighted by Gasteiger charge is -2.31. The molecule has 6 nitrogen and oxygen atoms in total. The Kier molecular flexibility index (Phi) is 4.59. The highest BCUT2D eigenvalue weighted by atomic mass is 16.4. The smallest absolute Gasteiger partial charge is 0.333 e. The van der Waals surface area contributed by atoms with Gasteiger partial charge in [-0.3, -0.25) is 18.8 Å². The minimum absolute atomic E-state index is 0.0895. The van der Waals surface area contributed by atoms with E-state index in [2.05, 4.69) is 37.0 Å². The minimum atomic E-state index is -0.386. The summed E-state index contributed by atoms with van der Waals surface area (Å²) in [6.07, 6.45) is 13.2. The van der Waals surface area contributed by atoms with Crippen LogP contribution >= 0.6 is 0 Å². The number of hydrogen-bond donors (Lipinski definition) is 0. The third-order valence-electron chi connectivity index (χ3n) is 5.73. The predicted octanol–water partition coefficient (Wildman–Crippen LogP) is 3.05. The van der Waals surface area contributed by atoms with Crippen LogP contribution in [-0.4, -0.2) is 27.1 Å². The summed E-state index contributed by atoms with van der Waals surface area (Å²) < 4.78 is 8.84. The molecule has 2 aromatic rings.